The van der Waals surface area contributed by atoms with E-state index in [1.54, 1.807) is 6.07 Å². The SMILES string of the molecule is CCN(CC)CCCc1cccc2c(C3=C(c4cc(F)cc5ccoc45)C(=O)NC3=O)cn(C(C)C)c12. The lowest BCUT2D eigenvalue weighted by Crippen LogP contribution is -2.24. The first kappa shape index (κ1) is 25.0. The van der Waals surface area contributed by atoms with Crippen LogP contribution in [0.15, 0.2) is 53.3 Å². The molecule has 0 saturated carbocycles. The highest BCUT2D eigenvalue weighted by Crippen LogP contribution is 2.40. The van der Waals surface area contributed by atoms with Crippen molar-refractivity contribution in [3.8, 4) is 0 Å². The summed E-state index contributed by atoms with van der Waals surface area (Å²) in [6.45, 7) is 11.6. The van der Waals surface area contributed by atoms with Gasteiger partial charge in [0.2, 0.25) is 0 Å². The minimum atomic E-state index is -0.552. The standard InChI is InChI=1S/C30H32FN3O3/c1-5-33(6-2)13-8-10-19-9-7-11-22-24(17-34(18(3)4)27(19)22)26-25(29(35)32-30(26)36)23-16-21(31)15-20-12-14-37-28(20)23/h7,9,11-12,14-18H,5-6,8,10,13H2,1-4H3,(H,32,35,36). The average molecular weight is 502 g/mol. The summed E-state index contributed by atoms with van der Waals surface area (Å²) >= 11 is 0. The zero-order chi connectivity index (χ0) is 26.3. The number of halogens is 1. The minimum Gasteiger partial charge on any atom is -0.464 e. The van der Waals surface area contributed by atoms with Crippen molar-refractivity contribution in [2.75, 3.05) is 19.6 Å². The van der Waals surface area contributed by atoms with Crippen LogP contribution in [0.25, 0.3) is 33.0 Å². The Bertz CT molecular complexity index is 1540. The number of hydrogen-bond donors (Lipinski definition) is 1. The Morgan fingerprint density at radius 1 is 1.03 bits per heavy atom. The van der Waals surface area contributed by atoms with Crippen molar-refractivity contribution in [3.05, 3.63) is 71.4 Å². The largest absolute Gasteiger partial charge is 0.464 e. The smallest absolute Gasteiger partial charge is 0.259 e. The molecule has 192 valence electrons. The molecular weight excluding hydrogens is 469 g/mol. The van der Waals surface area contributed by atoms with Gasteiger partial charge in [0.25, 0.3) is 11.8 Å². The third-order valence-electron chi connectivity index (χ3n) is 7.29. The number of aryl methyl sites for hydroxylation is 1. The number of amides is 2. The number of hydrogen-bond acceptors (Lipinski definition) is 4. The first-order valence-corrected chi connectivity index (χ1v) is 13.0. The molecule has 0 bridgehead atoms. The summed E-state index contributed by atoms with van der Waals surface area (Å²) in [6, 6.07) is 10.5. The van der Waals surface area contributed by atoms with E-state index in [0.717, 1.165) is 43.4 Å². The highest BCUT2D eigenvalue weighted by atomic mass is 19.1. The zero-order valence-electron chi connectivity index (χ0n) is 21.7. The van der Waals surface area contributed by atoms with Gasteiger partial charge in [0.05, 0.1) is 22.9 Å². The Balaban J connectivity index is 1.70. The maximum Gasteiger partial charge on any atom is 0.259 e. The van der Waals surface area contributed by atoms with Crippen LogP contribution in [0, 0.1) is 5.82 Å². The number of rotatable bonds is 9. The molecule has 2 aromatic heterocycles. The molecule has 4 aromatic rings. The van der Waals surface area contributed by atoms with Crippen LogP contribution in [0.3, 0.4) is 0 Å². The van der Waals surface area contributed by atoms with E-state index < -0.39 is 17.6 Å². The maximum absolute atomic E-state index is 14.5. The number of fused-ring (bicyclic) bond motifs is 2. The molecule has 0 aliphatic carbocycles. The predicted molar refractivity (Wildman–Crippen MR) is 145 cm³/mol. The molecule has 7 heteroatoms. The number of imide groups is 1. The second kappa shape index (κ2) is 9.98. The molecule has 1 N–H and O–H groups in total. The fourth-order valence-electron chi connectivity index (χ4n) is 5.43. The molecule has 0 atom stereocenters. The number of furan rings is 1. The number of benzene rings is 2. The molecular formula is C30H32FN3O3. The summed E-state index contributed by atoms with van der Waals surface area (Å²) in [5.41, 5.74) is 3.97. The lowest BCUT2D eigenvalue weighted by atomic mass is 9.94. The van der Waals surface area contributed by atoms with E-state index in [2.05, 4.69) is 48.5 Å². The van der Waals surface area contributed by atoms with E-state index in [1.807, 2.05) is 18.3 Å². The van der Waals surface area contributed by atoms with Gasteiger partial charge in [-0.1, -0.05) is 32.0 Å². The molecule has 0 radical (unpaired) electrons. The Morgan fingerprint density at radius 3 is 2.46 bits per heavy atom. The number of carbonyl (C=O) groups excluding carboxylic acids is 2. The predicted octanol–water partition coefficient (Wildman–Crippen LogP) is 5.95. The summed E-state index contributed by atoms with van der Waals surface area (Å²) in [4.78, 5) is 28.7. The quantitative estimate of drug-likeness (QED) is 0.288. The first-order valence-electron chi connectivity index (χ1n) is 13.0. The van der Waals surface area contributed by atoms with Crippen molar-refractivity contribution in [2.45, 2.75) is 46.6 Å². The number of aromatic nitrogens is 1. The highest BCUT2D eigenvalue weighted by Gasteiger charge is 2.36. The molecule has 6 nitrogen and oxygen atoms in total. The molecule has 2 aromatic carbocycles. The van der Waals surface area contributed by atoms with Crippen molar-refractivity contribution in [3.63, 3.8) is 0 Å². The van der Waals surface area contributed by atoms with Crippen LogP contribution in [-0.2, 0) is 16.0 Å². The second-order valence-corrected chi connectivity index (χ2v) is 9.81. The van der Waals surface area contributed by atoms with Crippen molar-refractivity contribution < 1.29 is 18.4 Å². The Morgan fingerprint density at radius 2 is 1.76 bits per heavy atom. The van der Waals surface area contributed by atoms with Crippen LogP contribution in [0.1, 0.15) is 56.8 Å². The maximum atomic E-state index is 14.5. The second-order valence-electron chi connectivity index (χ2n) is 9.81. The molecule has 1 aliphatic heterocycles. The van der Waals surface area contributed by atoms with Crippen LogP contribution in [-0.4, -0.2) is 40.9 Å². The van der Waals surface area contributed by atoms with Crippen LogP contribution < -0.4 is 5.32 Å². The lowest BCUT2D eigenvalue weighted by Gasteiger charge is -2.18. The number of nitrogens with one attached hydrogen (secondary N) is 1. The normalized spacial score (nSPS) is 14.2. The highest BCUT2D eigenvalue weighted by molar-refractivity contribution is 6.50. The monoisotopic (exact) mass is 501 g/mol. The van der Waals surface area contributed by atoms with Gasteiger partial charge in [-0.05, 0) is 70.1 Å². The van der Waals surface area contributed by atoms with Crippen molar-refractivity contribution >= 4 is 44.8 Å². The van der Waals surface area contributed by atoms with Crippen molar-refractivity contribution in [1.29, 1.82) is 0 Å². The Hall–Kier alpha value is -3.71. The van der Waals surface area contributed by atoms with Gasteiger partial charge in [-0.15, -0.1) is 0 Å². The van der Waals surface area contributed by atoms with Gasteiger partial charge in [-0.25, -0.2) is 4.39 Å². The van der Waals surface area contributed by atoms with E-state index in [1.165, 1.54) is 24.0 Å². The van der Waals surface area contributed by atoms with Gasteiger partial charge in [0.15, 0.2) is 0 Å². The zero-order valence-corrected chi connectivity index (χ0v) is 21.7. The molecule has 3 heterocycles. The molecule has 1 aliphatic rings. The van der Waals surface area contributed by atoms with Gasteiger partial charge in [-0.2, -0.15) is 0 Å². The fourth-order valence-corrected chi connectivity index (χ4v) is 5.43. The van der Waals surface area contributed by atoms with E-state index in [9.17, 15) is 14.0 Å². The number of nitrogens with zero attached hydrogens (tertiary/aromatic N) is 2. The van der Waals surface area contributed by atoms with Crippen LogP contribution >= 0.6 is 0 Å². The van der Waals surface area contributed by atoms with Crippen molar-refractivity contribution in [1.82, 2.24) is 14.8 Å². The first-order chi connectivity index (χ1) is 17.8. The summed E-state index contributed by atoms with van der Waals surface area (Å²) < 4.78 is 22.3. The summed E-state index contributed by atoms with van der Waals surface area (Å²) in [5, 5.41) is 3.87. The van der Waals surface area contributed by atoms with Crippen LogP contribution in [0.5, 0.6) is 0 Å². The molecule has 0 fully saturated rings. The molecule has 0 saturated heterocycles. The van der Waals surface area contributed by atoms with Crippen molar-refractivity contribution in [2.24, 2.45) is 0 Å². The fraction of sp³-hybridized carbons (Fsp3) is 0.333. The van der Waals surface area contributed by atoms with E-state index >= 15 is 0 Å². The summed E-state index contributed by atoms with van der Waals surface area (Å²) in [6.07, 6.45) is 5.33. The van der Waals surface area contributed by atoms with Gasteiger partial charge in [0.1, 0.15) is 11.4 Å². The molecule has 5 rings (SSSR count). The molecule has 2 amide bonds. The van der Waals surface area contributed by atoms with Gasteiger partial charge in [0, 0.05) is 34.1 Å². The van der Waals surface area contributed by atoms with Crippen LogP contribution in [0.4, 0.5) is 4.39 Å². The minimum absolute atomic E-state index is 0.135. The molecule has 37 heavy (non-hydrogen) atoms. The summed E-state index contributed by atoms with van der Waals surface area (Å²) in [5.74, 6) is -1.54. The third-order valence-corrected chi connectivity index (χ3v) is 7.29. The lowest BCUT2D eigenvalue weighted by molar-refractivity contribution is -0.122. The van der Waals surface area contributed by atoms with Crippen LogP contribution in [0.2, 0.25) is 0 Å². The molecule has 0 spiro atoms. The van der Waals surface area contributed by atoms with E-state index in [4.69, 9.17) is 4.42 Å². The molecule has 0 unspecified atom stereocenters. The van der Waals surface area contributed by atoms with E-state index in [-0.39, 0.29) is 22.8 Å². The van der Waals surface area contributed by atoms with E-state index in [0.29, 0.717) is 16.5 Å². The van der Waals surface area contributed by atoms with Gasteiger partial charge in [-0.3, -0.25) is 14.9 Å². The third kappa shape index (κ3) is 4.37. The average Bonchev–Trinajstić information content (AvgIpc) is 3.56. The number of carbonyl (C=O) groups is 2. The number of para-hydroxylation sites is 1. The summed E-state index contributed by atoms with van der Waals surface area (Å²) in [7, 11) is 0. The van der Waals surface area contributed by atoms with Gasteiger partial charge < -0.3 is 13.9 Å². The van der Waals surface area contributed by atoms with Gasteiger partial charge >= 0.3 is 0 Å². The Kier molecular flexibility index (Phi) is 6.73. The Labute approximate surface area is 215 Å². The topological polar surface area (TPSA) is 67.5 Å².